The van der Waals surface area contributed by atoms with E-state index in [0.717, 1.165) is 0 Å². The molecule has 4 heterocycles. The number of nitrogens with zero attached hydrogens (tertiary/aromatic N) is 2. The van der Waals surface area contributed by atoms with Gasteiger partial charge in [-0.2, -0.15) is 0 Å². The SMILES string of the molecule is COc1c(C)c(C(=O)c2ccc(N)c(C(=O)O)c2)n2cc(OCCOCCOCCOCCOCCOCCOCCOc3cccn4c(C(=O)c5ccc(N)c(C(=O)O)c5)c(C)c(OC)c34)ccc12. The number of nitrogen functional groups attached to an aromatic ring is 2. The summed E-state index contributed by atoms with van der Waals surface area (Å²) >= 11 is 0. The van der Waals surface area contributed by atoms with E-state index in [9.17, 15) is 29.4 Å². The lowest BCUT2D eigenvalue weighted by atomic mass is 10.0. The van der Waals surface area contributed by atoms with Crippen LogP contribution >= 0.6 is 0 Å². The molecule has 2 aromatic carbocycles. The maximum absolute atomic E-state index is 13.6. The van der Waals surface area contributed by atoms with Gasteiger partial charge in [-0.1, -0.05) is 0 Å². The summed E-state index contributed by atoms with van der Waals surface area (Å²) in [6.45, 7) is 8.41. The number of nitrogens with two attached hydrogens (primary N) is 2. The highest BCUT2D eigenvalue weighted by Crippen LogP contribution is 2.38. The lowest BCUT2D eigenvalue weighted by Crippen LogP contribution is -2.15. The van der Waals surface area contributed by atoms with E-state index in [2.05, 4.69) is 0 Å². The van der Waals surface area contributed by atoms with Crippen LogP contribution in [0.3, 0.4) is 0 Å². The number of ketones is 2. The molecule has 0 unspecified atom stereocenters. The van der Waals surface area contributed by atoms with E-state index in [-0.39, 0.29) is 53.4 Å². The van der Waals surface area contributed by atoms with Crippen LogP contribution in [0.15, 0.2) is 73.1 Å². The van der Waals surface area contributed by atoms with Crippen LogP contribution in [-0.4, -0.2) is 149 Å². The highest BCUT2D eigenvalue weighted by molar-refractivity contribution is 6.13. The van der Waals surface area contributed by atoms with Gasteiger partial charge < -0.3 is 77.9 Å². The van der Waals surface area contributed by atoms with Crippen LogP contribution in [-0.2, 0) is 28.4 Å². The first-order valence-corrected chi connectivity index (χ1v) is 22.3. The number of aromatic carboxylic acids is 2. The summed E-state index contributed by atoms with van der Waals surface area (Å²) in [6.07, 6.45) is 3.40. The second-order valence-electron chi connectivity index (χ2n) is 15.5. The summed E-state index contributed by atoms with van der Waals surface area (Å²) in [7, 11) is 3.02. The van der Waals surface area contributed by atoms with Gasteiger partial charge in [0.2, 0.25) is 11.6 Å². The quantitative estimate of drug-likeness (QED) is 0.0241. The van der Waals surface area contributed by atoms with Gasteiger partial charge >= 0.3 is 11.9 Å². The Balaban J connectivity index is 0.776. The van der Waals surface area contributed by atoms with Crippen LogP contribution in [0.25, 0.3) is 11.0 Å². The smallest absolute Gasteiger partial charge is 0.337 e. The van der Waals surface area contributed by atoms with Gasteiger partial charge in [-0.15, -0.1) is 0 Å². The van der Waals surface area contributed by atoms with Gasteiger partial charge in [0.25, 0.3) is 0 Å². The fourth-order valence-corrected chi connectivity index (χ4v) is 7.63. The molecule has 0 saturated heterocycles. The molecule has 70 heavy (non-hydrogen) atoms. The number of carbonyl (C=O) groups excluding carboxylic acids is 2. The molecule has 4 aromatic heterocycles. The normalized spacial score (nSPS) is 11.3. The number of hydrogen-bond donors (Lipinski definition) is 4. The summed E-state index contributed by atoms with van der Waals surface area (Å²) in [6, 6.07) is 15.4. The zero-order chi connectivity index (χ0) is 50.2. The minimum atomic E-state index is -1.23. The van der Waals surface area contributed by atoms with E-state index in [1.165, 1.54) is 50.6 Å². The first-order chi connectivity index (χ1) is 33.9. The lowest BCUT2D eigenvalue weighted by Gasteiger charge is -2.11. The van der Waals surface area contributed by atoms with Gasteiger partial charge in [0.05, 0.1) is 116 Å². The van der Waals surface area contributed by atoms with Crippen LogP contribution in [0.2, 0.25) is 0 Å². The van der Waals surface area contributed by atoms with Crippen LogP contribution in [0.4, 0.5) is 11.4 Å². The van der Waals surface area contributed by atoms with E-state index in [0.29, 0.717) is 129 Å². The molecule has 6 rings (SSSR count). The molecule has 0 fully saturated rings. The Morgan fingerprint density at radius 2 is 0.957 bits per heavy atom. The zero-order valence-electron chi connectivity index (χ0n) is 39.5. The average Bonchev–Trinajstić information content (AvgIpc) is 3.80. The molecule has 0 aliphatic heterocycles. The van der Waals surface area contributed by atoms with Gasteiger partial charge in [-0.3, -0.25) is 9.59 Å². The lowest BCUT2D eigenvalue weighted by molar-refractivity contribution is -0.0187. The van der Waals surface area contributed by atoms with Gasteiger partial charge in [0.15, 0.2) is 5.75 Å². The number of pyridine rings is 2. The number of rotatable bonds is 31. The third-order valence-corrected chi connectivity index (χ3v) is 11.0. The van der Waals surface area contributed by atoms with Crippen molar-refractivity contribution in [3.8, 4) is 23.0 Å². The predicted molar refractivity (Wildman–Crippen MR) is 256 cm³/mol. The summed E-state index contributed by atoms with van der Waals surface area (Å²) < 4.78 is 60.1. The molecule has 20 heteroatoms. The van der Waals surface area contributed by atoms with E-state index in [1.807, 2.05) is 0 Å². The number of hydrogen-bond acceptors (Lipinski definition) is 16. The van der Waals surface area contributed by atoms with Crippen molar-refractivity contribution in [2.24, 2.45) is 0 Å². The molecule has 0 aliphatic rings. The molecule has 0 atom stereocenters. The van der Waals surface area contributed by atoms with Gasteiger partial charge in [-0.25, -0.2) is 9.59 Å². The third kappa shape index (κ3) is 12.7. The number of aromatic nitrogens is 2. The first kappa shape index (κ1) is 52.2. The number of ether oxygens (including phenoxy) is 10. The van der Waals surface area contributed by atoms with Crippen molar-refractivity contribution in [1.82, 2.24) is 8.80 Å². The topological polar surface area (TPSA) is 262 Å². The second-order valence-corrected chi connectivity index (χ2v) is 15.5. The molecular weight excluding hydrogens is 913 g/mol. The minimum Gasteiger partial charge on any atom is -0.494 e. The fourth-order valence-electron chi connectivity index (χ4n) is 7.63. The molecule has 0 saturated carbocycles. The van der Waals surface area contributed by atoms with Crippen molar-refractivity contribution in [2.45, 2.75) is 13.8 Å². The molecule has 0 spiro atoms. The largest absolute Gasteiger partial charge is 0.494 e. The molecule has 6 aromatic rings. The monoisotopic (exact) mass is 970 g/mol. The van der Waals surface area contributed by atoms with Crippen molar-refractivity contribution in [2.75, 3.05) is 118 Å². The van der Waals surface area contributed by atoms with Crippen LogP contribution in [0.5, 0.6) is 23.0 Å². The van der Waals surface area contributed by atoms with E-state index in [1.54, 1.807) is 59.3 Å². The maximum Gasteiger partial charge on any atom is 0.337 e. The standard InChI is InChI=1S/C50H58N4O16/c1-31-43(46(56)34-8-11-39(52)37(29-34)50(59)60)54-30-35(9-12-40(54)47(31)61-3)69-26-24-67-22-20-65-18-16-63-14-15-64-17-19-66-21-23-68-25-27-70-41-6-5-13-53-42(32(2)48(62-4)44(41)53)45(55)33-7-10-38(51)36(28-33)49(57)58/h5-13,28-30H,14-27,51-52H2,1-4H3,(H,57,58)(H,59,60). The minimum absolute atomic E-state index is 0.0632. The van der Waals surface area contributed by atoms with Crippen molar-refractivity contribution in [1.29, 1.82) is 0 Å². The van der Waals surface area contributed by atoms with Gasteiger partial charge in [-0.05, 0) is 74.5 Å². The summed E-state index contributed by atoms with van der Waals surface area (Å²) in [5, 5.41) is 19.0. The van der Waals surface area contributed by atoms with Crippen LogP contribution in [0, 0.1) is 13.8 Å². The van der Waals surface area contributed by atoms with Crippen molar-refractivity contribution < 1.29 is 76.8 Å². The van der Waals surface area contributed by atoms with Crippen LogP contribution in [0.1, 0.15) is 63.9 Å². The summed E-state index contributed by atoms with van der Waals surface area (Å²) in [4.78, 5) is 50.6. The summed E-state index contributed by atoms with van der Waals surface area (Å²) in [5.41, 5.74) is 14.8. The molecule has 374 valence electrons. The Hall–Kier alpha value is -7.20. The number of carbonyl (C=O) groups is 4. The van der Waals surface area contributed by atoms with Gasteiger partial charge in [0.1, 0.15) is 47.4 Å². The molecule has 0 aliphatic carbocycles. The van der Waals surface area contributed by atoms with E-state index < -0.39 is 23.5 Å². The Morgan fingerprint density at radius 3 is 1.41 bits per heavy atom. The molecule has 0 bridgehead atoms. The number of carboxylic acid groups (broad SMARTS) is 2. The number of anilines is 2. The van der Waals surface area contributed by atoms with Crippen molar-refractivity contribution in [3.05, 3.63) is 118 Å². The van der Waals surface area contributed by atoms with Crippen molar-refractivity contribution in [3.63, 3.8) is 0 Å². The first-order valence-electron chi connectivity index (χ1n) is 22.3. The number of carboxylic acids is 2. The summed E-state index contributed by atoms with van der Waals surface area (Å²) in [5.74, 6) is -1.28. The molecule has 6 N–H and O–H groups in total. The predicted octanol–water partition coefficient (Wildman–Crippen LogP) is 5.41. The second kappa shape index (κ2) is 25.4. The van der Waals surface area contributed by atoms with E-state index >= 15 is 0 Å². The van der Waals surface area contributed by atoms with E-state index in [4.69, 9.17) is 58.8 Å². The number of methoxy groups -OCH3 is 2. The van der Waals surface area contributed by atoms with Crippen molar-refractivity contribution >= 4 is 45.9 Å². The van der Waals surface area contributed by atoms with Crippen LogP contribution < -0.4 is 30.4 Å². The Bertz CT molecular complexity index is 2780. The zero-order valence-corrected chi connectivity index (χ0v) is 39.5. The average molecular weight is 971 g/mol. The Labute approximate surface area is 403 Å². The molecule has 20 nitrogen and oxygen atoms in total. The van der Waals surface area contributed by atoms with Gasteiger partial charge in [0, 0.05) is 39.8 Å². The number of benzene rings is 2. The maximum atomic E-state index is 13.6. The number of fused-ring (bicyclic) bond motifs is 2. The molecule has 0 amide bonds. The Kier molecular flexibility index (Phi) is 18.9. The fraction of sp³-hybridized carbons (Fsp3) is 0.360. The highest BCUT2D eigenvalue weighted by atomic mass is 16.6. The Morgan fingerprint density at radius 1 is 0.529 bits per heavy atom. The third-order valence-electron chi connectivity index (χ3n) is 11.0. The highest BCUT2D eigenvalue weighted by Gasteiger charge is 2.27. The molecule has 0 radical (unpaired) electrons. The molecular formula is C50H58N4O16.